The SMILES string of the molecule is CC(NC(=O)c1cc2ccccc2cc1NC(=O)OC(C)(C)C)c1ccc(-n2cncn2)cc1. The minimum Gasteiger partial charge on any atom is -0.444 e. The minimum absolute atomic E-state index is 0.266. The van der Waals surface area contributed by atoms with Crippen molar-refractivity contribution in [1.29, 1.82) is 0 Å². The summed E-state index contributed by atoms with van der Waals surface area (Å²) in [5.41, 5.74) is 1.89. The number of nitrogens with zero attached hydrogens (tertiary/aromatic N) is 3. The summed E-state index contributed by atoms with van der Waals surface area (Å²) in [7, 11) is 0. The predicted octanol–water partition coefficient (Wildman–Crippen LogP) is 5.26. The Morgan fingerprint density at radius 3 is 2.29 bits per heavy atom. The van der Waals surface area contributed by atoms with Crippen LogP contribution in [0.25, 0.3) is 16.5 Å². The second kappa shape index (κ2) is 9.35. The molecule has 2 N–H and O–H groups in total. The standard InChI is InChI=1S/C26H27N5O3/c1-17(18-9-11-21(12-10-18)31-16-27-15-28-31)29-24(32)22-13-19-7-5-6-8-20(19)14-23(22)30-25(33)34-26(2,3)4/h5-17H,1-4H3,(H,29,32)(H,30,33). The molecule has 0 aliphatic heterocycles. The molecule has 1 heterocycles. The second-order valence-corrected chi connectivity index (χ2v) is 9.00. The van der Waals surface area contributed by atoms with Crippen LogP contribution in [-0.2, 0) is 4.74 Å². The van der Waals surface area contributed by atoms with Crippen LogP contribution in [-0.4, -0.2) is 32.4 Å². The number of nitrogens with one attached hydrogen (secondary N) is 2. The first-order valence-corrected chi connectivity index (χ1v) is 11.0. The van der Waals surface area contributed by atoms with E-state index in [4.69, 9.17) is 4.74 Å². The molecule has 1 unspecified atom stereocenters. The molecule has 8 nitrogen and oxygen atoms in total. The van der Waals surface area contributed by atoms with Gasteiger partial charge in [0.2, 0.25) is 0 Å². The maximum absolute atomic E-state index is 13.3. The quantitative estimate of drug-likeness (QED) is 0.426. The van der Waals surface area contributed by atoms with Gasteiger partial charge in [0.15, 0.2) is 0 Å². The fourth-order valence-electron chi connectivity index (χ4n) is 3.56. The van der Waals surface area contributed by atoms with E-state index in [0.717, 1.165) is 22.0 Å². The molecule has 0 bridgehead atoms. The topological polar surface area (TPSA) is 98.1 Å². The summed E-state index contributed by atoms with van der Waals surface area (Å²) in [4.78, 5) is 29.7. The Balaban J connectivity index is 1.57. The molecule has 0 fully saturated rings. The average molecular weight is 458 g/mol. The molecule has 0 aliphatic carbocycles. The Kier molecular flexibility index (Phi) is 6.32. The van der Waals surface area contributed by atoms with Gasteiger partial charge in [0.1, 0.15) is 18.3 Å². The number of amides is 2. The summed E-state index contributed by atoms with van der Waals surface area (Å²) in [6.45, 7) is 7.27. The third-order valence-corrected chi connectivity index (χ3v) is 5.19. The highest BCUT2D eigenvalue weighted by atomic mass is 16.6. The smallest absolute Gasteiger partial charge is 0.412 e. The van der Waals surface area contributed by atoms with Crippen molar-refractivity contribution in [1.82, 2.24) is 20.1 Å². The molecule has 174 valence electrons. The molecule has 8 heteroatoms. The molecule has 0 aliphatic rings. The van der Waals surface area contributed by atoms with E-state index in [2.05, 4.69) is 20.7 Å². The number of carbonyl (C=O) groups is 2. The van der Waals surface area contributed by atoms with Gasteiger partial charge in [0, 0.05) is 0 Å². The predicted molar refractivity (Wildman–Crippen MR) is 131 cm³/mol. The monoisotopic (exact) mass is 457 g/mol. The Labute approximate surface area is 198 Å². The van der Waals surface area contributed by atoms with Crippen LogP contribution in [0, 0.1) is 0 Å². The van der Waals surface area contributed by atoms with Crippen LogP contribution < -0.4 is 10.6 Å². The molecule has 4 rings (SSSR count). The van der Waals surface area contributed by atoms with Gasteiger partial charge in [-0.3, -0.25) is 10.1 Å². The lowest BCUT2D eigenvalue weighted by Gasteiger charge is -2.21. The van der Waals surface area contributed by atoms with Gasteiger partial charge in [-0.25, -0.2) is 14.5 Å². The Bertz CT molecular complexity index is 1310. The molecule has 1 aromatic heterocycles. The molecule has 2 amide bonds. The number of rotatable bonds is 5. The summed E-state index contributed by atoms with van der Waals surface area (Å²) in [5.74, 6) is -0.301. The highest BCUT2D eigenvalue weighted by Gasteiger charge is 2.21. The van der Waals surface area contributed by atoms with Crippen molar-refractivity contribution in [3.05, 3.63) is 84.4 Å². The van der Waals surface area contributed by atoms with Crippen molar-refractivity contribution >= 4 is 28.5 Å². The fraction of sp³-hybridized carbons (Fsp3) is 0.231. The summed E-state index contributed by atoms with van der Waals surface area (Å²) in [5, 5.41) is 11.7. The Morgan fingerprint density at radius 2 is 1.68 bits per heavy atom. The molecule has 0 spiro atoms. The number of fused-ring (bicyclic) bond motifs is 1. The number of benzene rings is 3. The maximum Gasteiger partial charge on any atom is 0.412 e. The third kappa shape index (κ3) is 5.40. The van der Waals surface area contributed by atoms with Crippen LogP contribution in [0.1, 0.15) is 49.7 Å². The molecule has 34 heavy (non-hydrogen) atoms. The number of ether oxygens (including phenoxy) is 1. The summed E-state index contributed by atoms with van der Waals surface area (Å²) in [6.07, 6.45) is 2.48. The van der Waals surface area contributed by atoms with Gasteiger partial charge in [-0.05, 0) is 68.3 Å². The average Bonchev–Trinajstić information content (AvgIpc) is 3.32. The van der Waals surface area contributed by atoms with E-state index >= 15 is 0 Å². The van der Waals surface area contributed by atoms with E-state index in [1.807, 2.05) is 55.5 Å². The largest absolute Gasteiger partial charge is 0.444 e. The van der Waals surface area contributed by atoms with E-state index in [-0.39, 0.29) is 11.9 Å². The Morgan fingerprint density at radius 1 is 1.00 bits per heavy atom. The number of aromatic nitrogens is 3. The lowest BCUT2D eigenvalue weighted by atomic mass is 10.0. The van der Waals surface area contributed by atoms with Gasteiger partial charge < -0.3 is 10.1 Å². The zero-order chi connectivity index (χ0) is 24.3. The molecule has 1 atom stereocenters. The number of hydrogen-bond acceptors (Lipinski definition) is 5. The highest BCUT2D eigenvalue weighted by molar-refractivity contribution is 6.07. The van der Waals surface area contributed by atoms with Crippen LogP contribution >= 0.6 is 0 Å². The molecule has 4 aromatic rings. The van der Waals surface area contributed by atoms with Gasteiger partial charge in [-0.2, -0.15) is 5.10 Å². The van der Waals surface area contributed by atoms with Crippen molar-refractivity contribution in [2.45, 2.75) is 39.3 Å². The first-order chi connectivity index (χ1) is 16.2. The molecule has 0 saturated carbocycles. The van der Waals surface area contributed by atoms with E-state index in [0.29, 0.717) is 11.3 Å². The molecule has 0 saturated heterocycles. The number of hydrogen-bond donors (Lipinski definition) is 2. The van der Waals surface area contributed by atoms with Crippen LogP contribution in [0.3, 0.4) is 0 Å². The second-order valence-electron chi connectivity index (χ2n) is 9.00. The zero-order valence-corrected chi connectivity index (χ0v) is 19.6. The van der Waals surface area contributed by atoms with Gasteiger partial charge in [0.25, 0.3) is 5.91 Å². The van der Waals surface area contributed by atoms with E-state index < -0.39 is 11.7 Å². The first-order valence-electron chi connectivity index (χ1n) is 11.0. The maximum atomic E-state index is 13.3. The number of carbonyl (C=O) groups excluding carboxylic acids is 2. The fourth-order valence-corrected chi connectivity index (χ4v) is 3.56. The highest BCUT2D eigenvalue weighted by Crippen LogP contribution is 2.26. The van der Waals surface area contributed by atoms with Crippen LogP contribution in [0.2, 0.25) is 0 Å². The molecular formula is C26H27N5O3. The van der Waals surface area contributed by atoms with Gasteiger partial charge in [-0.15, -0.1) is 0 Å². The van der Waals surface area contributed by atoms with E-state index in [1.165, 1.54) is 6.33 Å². The van der Waals surface area contributed by atoms with Crippen molar-refractivity contribution in [2.75, 3.05) is 5.32 Å². The zero-order valence-electron chi connectivity index (χ0n) is 19.6. The summed E-state index contributed by atoms with van der Waals surface area (Å²) in [6, 6.07) is 18.7. The summed E-state index contributed by atoms with van der Waals surface area (Å²) < 4.78 is 7.05. The van der Waals surface area contributed by atoms with Gasteiger partial charge in [0.05, 0.1) is 23.0 Å². The van der Waals surface area contributed by atoms with Crippen molar-refractivity contribution in [3.63, 3.8) is 0 Å². The Hall–Kier alpha value is -4.20. The number of anilines is 1. The normalized spacial score (nSPS) is 12.2. The van der Waals surface area contributed by atoms with Crippen LogP contribution in [0.5, 0.6) is 0 Å². The third-order valence-electron chi connectivity index (χ3n) is 5.19. The van der Waals surface area contributed by atoms with Crippen LogP contribution in [0.4, 0.5) is 10.5 Å². The van der Waals surface area contributed by atoms with Gasteiger partial charge in [-0.1, -0.05) is 36.4 Å². The first kappa shape index (κ1) is 23.0. The molecule has 3 aromatic carbocycles. The lowest BCUT2D eigenvalue weighted by molar-refractivity contribution is 0.0636. The molecular weight excluding hydrogens is 430 g/mol. The van der Waals surface area contributed by atoms with Crippen molar-refractivity contribution in [2.24, 2.45) is 0 Å². The summed E-state index contributed by atoms with van der Waals surface area (Å²) >= 11 is 0. The lowest BCUT2D eigenvalue weighted by Crippen LogP contribution is -2.30. The minimum atomic E-state index is -0.656. The van der Waals surface area contributed by atoms with E-state index in [1.54, 1.807) is 43.9 Å². The van der Waals surface area contributed by atoms with Crippen LogP contribution in [0.15, 0.2) is 73.3 Å². The van der Waals surface area contributed by atoms with E-state index in [9.17, 15) is 9.59 Å². The molecule has 0 radical (unpaired) electrons. The van der Waals surface area contributed by atoms with Gasteiger partial charge >= 0.3 is 6.09 Å². The van der Waals surface area contributed by atoms with Crippen molar-refractivity contribution < 1.29 is 14.3 Å². The van der Waals surface area contributed by atoms with Crippen molar-refractivity contribution in [3.8, 4) is 5.69 Å².